The Kier molecular flexibility index (Phi) is 3.60. The van der Waals surface area contributed by atoms with Crippen LogP contribution in [0, 0.1) is 0 Å². The molecule has 4 aromatic rings. The van der Waals surface area contributed by atoms with E-state index in [-0.39, 0.29) is 0 Å². The maximum absolute atomic E-state index is 5.53. The Morgan fingerprint density at radius 1 is 1.17 bits per heavy atom. The van der Waals surface area contributed by atoms with Gasteiger partial charge in [-0.1, -0.05) is 19.0 Å². The third-order valence-electron chi connectivity index (χ3n) is 4.33. The maximum Gasteiger partial charge on any atom is 0.180 e. The number of nitrogens with zero attached hydrogens (tertiary/aromatic N) is 4. The summed E-state index contributed by atoms with van der Waals surface area (Å²) in [5, 5.41) is 15.7. The molecule has 24 heavy (non-hydrogen) atoms. The summed E-state index contributed by atoms with van der Waals surface area (Å²) in [6.07, 6.45) is 5.38. The van der Waals surface area contributed by atoms with Crippen molar-refractivity contribution < 1.29 is 4.52 Å². The molecule has 0 aliphatic carbocycles. The van der Waals surface area contributed by atoms with E-state index in [2.05, 4.69) is 44.5 Å². The number of aromatic nitrogens is 5. The molecule has 0 saturated carbocycles. The number of H-pyrrole nitrogens is 1. The van der Waals surface area contributed by atoms with Gasteiger partial charge in [-0.15, -0.1) is 0 Å². The molecule has 0 aliphatic rings. The summed E-state index contributed by atoms with van der Waals surface area (Å²) in [7, 11) is 0. The normalized spacial score (nSPS) is 11.6. The predicted octanol–water partition coefficient (Wildman–Crippen LogP) is 4.14. The molecule has 4 rings (SSSR count). The fourth-order valence-electron chi connectivity index (χ4n) is 2.98. The van der Waals surface area contributed by atoms with Crippen molar-refractivity contribution in [3.63, 3.8) is 0 Å². The van der Waals surface area contributed by atoms with Gasteiger partial charge in [-0.3, -0.25) is 5.10 Å². The predicted molar refractivity (Wildman–Crippen MR) is 92.3 cm³/mol. The minimum absolute atomic E-state index is 0.426. The van der Waals surface area contributed by atoms with Crippen molar-refractivity contribution in [2.24, 2.45) is 0 Å². The van der Waals surface area contributed by atoms with Gasteiger partial charge in [0.15, 0.2) is 22.6 Å². The highest BCUT2D eigenvalue weighted by Crippen LogP contribution is 2.31. The largest absolute Gasteiger partial charge is 0.356 e. The minimum atomic E-state index is 0.426. The van der Waals surface area contributed by atoms with Crippen molar-refractivity contribution in [3.05, 3.63) is 36.3 Å². The van der Waals surface area contributed by atoms with E-state index in [1.165, 1.54) is 0 Å². The van der Waals surface area contributed by atoms with Crippen LogP contribution in [0.1, 0.15) is 38.3 Å². The zero-order valence-electron chi connectivity index (χ0n) is 13.6. The first-order valence-corrected chi connectivity index (χ1v) is 8.11. The number of fused-ring (bicyclic) bond motifs is 2. The second-order valence-corrected chi connectivity index (χ2v) is 5.74. The van der Waals surface area contributed by atoms with Crippen LogP contribution in [-0.4, -0.2) is 25.3 Å². The van der Waals surface area contributed by atoms with E-state index < -0.39 is 0 Å². The Morgan fingerprint density at radius 2 is 2.00 bits per heavy atom. The molecular weight excluding hydrogens is 304 g/mol. The van der Waals surface area contributed by atoms with E-state index in [4.69, 9.17) is 4.52 Å². The molecule has 0 unspecified atom stereocenters. The van der Waals surface area contributed by atoms with E-state index in [1.54, 1.807) is 12.4 Å². The molecule has 7 nitrogen and oxygen atoms in total. The van der Waals surface area contributed by atoms with Crippen molar-refractivity contribution in [2.75, 3.05) is 5.32 Å². The molecule has 0 fully saturated rings. The van der Waals surface area contributed by atoms with Crippen LogP contribution in [0.2, 0.25) is 0 Å². The van der Waals surface area contributed by atoms with Crippen molar-refractivity contribution in [3.8, 4) is 0 Å². The zero-order chi connectivity index (χ0) is 16.5. The number of nitrogens with one attached hydrogen (secondary N) is 2. The molecule has 0 aliphatic heterocycles. The average molecular weight is 322 g/mol. The summed E-state index contributed by atoms with van der Waals surface area (Å²) in [6.45, 7) is 4.35. The summed E-state index contributed by atoms with van der Waals surface area (Å²) < 4.78 is 5.53. The van der Waals surface area contributed by atoms with Gasteiger partial charge in [-0.2, -0.15) is 5.10 Å². The van der Waals surface area contributed by atoms with Gasteiger partial charge in [0, 0.05) is 35.5 Å². The highest BCUT2D eigenvalue weighted by Gasteiger charge is 2.17. The van der Waals surface area contributed by atoms with Gasteiger partial charge in [-0.25, -0.2) is 9.97 Å². The van der Waals surface area contributed by atoms with Crippen LogP contribution in [-0.2, 0) is 0 Å². The number of benzene rings is 1. The summed E-state index contributed by atoms with van der Waals surface area (Å²) in [4.78, 5) is 8.48. The number of anilines is 2. The third-order valence-corrected chi connectivity index (χ3v) is 4.33. The first-order valence-electron chi connectivity index (χ1n) is 8.11. The maximum atomic E-state index is 5.53. The lowest BCUT2D eigenvalue weighted by atomic mass is 9.97. The molecule has 0 saturated heterocycles. The molecular formula is C17H18N6O. The Labute approximate surface area is 138 Å². The van der Waals surface area contributed by atoms with E-state index in [0.29, 0.717) is 22.9 Å². The summed E-state index contributed by atoms with van der Waals surface area (Å²) in [6, 6.07) is 5.98. The Balaban J connectivity index is 1.68. The van der Waals surface area contributed by atoms with Crippen LogP contribution in [0.4, 0.5) is 11.5 Å². The first kappa shape index (κ1) is 14.6. The standard InChI is InChI=1S/C17H18N6O/c1-3-10(4-2)14-12-6-5-11(9-13(12)24-23-14)20-17-15-16(21-22-17)19-8-7-18-15/h5-10H,3-4H2,1-2H3,(H2,19,20,21,22). The van der Waals surface area contributed by atoms with Crippen molar-refractivity contribution in [1.29, 1.82) is 0 Å². The highest BCUT2D eigenvalue weighted by molar-refractivity contribution is 5.88. The fourth-order valence-corrected chi connectivity index (χ4v) is 2.98. The molecule has 1 aromatic carbocycles. The van der Waals surface area contributed by atoms with Crippen molar-refractivity contribution in [2.45, 2.75) is 32.6 Å². The molecule has 3 heterocycles. The van der Waals surface area contributed by atoms with Gasteiger partial charge in [-0.05, 0) is 25.0 Å². The highest BCUT2D eigenvalue weighted by atomic mass is 16.5. The topological polar surface area (TPSA) is 92.5 Å². The van der Waals surface area contributed by atoms with Gasteiger partial charge < -0.3 is 9.84 Å². The van der Waals surface area contributed by atoms with Gasteiger partial charge in [0.05, 0.1) is 5.69 Å². The third kappa shape index (κ3) is 2.38. The number of hydrogen-bond acceptors (Lipinski definition) is 6. The second kappa shape index (κ2) is 5.92. The van der Waals surface area contributed by atoms with Crippen LogP contribution in [0.15, 0.2) is 35.1 Å². The molecule has 2 N–H and O–H groups in total. The lowest BCUT2D eigenvalue weighted by Crippen LogP contribution is -1.96. The molecule has 122 valence electrons. The molecule has 3 aromatic heterocycles. The monoisotopic (exact) mass is 322 g/mol. The minimum Gasteiger partial charge on any atom is -0.356 e. The Bertz CT molecular complexity index is 985. The lowest BCUT2D eigenvalue weighted by Gasteiger charge is -2.08. The molecule has 0 amide bonds. The zero-order valence-corrected chi connectivity index (χ0v) is 13.6. The van der Waals surface area contributed by atoms with Crippen molar-refractivity contribution >= 4 is 33.6 Å². The SMILES string of the molecule is CCC(CC)c1noc2cc(Nc3n[nH]c4nccnc34)ccc12. The summed E-state index contributed by atoms with van der Waals surface area (Å²) in [5.41, 5.74) is 4.03. The van der Waals surface area contributed by atoms with Gasteiger partial charge >= 0.3 is 0 Å². The van der Waals surface area contributed by atoms with Crippen LogP contribution < -0.4 is 5.32 Å². The van der Waals surface area contributed by atoms with Crippen LogP contribution in [0.5, 0.6) is 0 Å². The van der Waals surface area contributed by atoms with Crippen LogP contribution in [0.3, 0.4) is 0 Å². The molecule has 0 radical (unpaired) electrons. The smallest absolute Gasteiger partial charge is 0.180 e. The van der Waals surface area contributed by atoms with E-state index in [0.717, 1.165) is 35.2 Å². The number of hydrogen-bond donors (Lipinski definition) is 2. The first-order chi connectivity index (χ1) is 11.8. The van der Waals surface area contributed by atoms with E-state index >= 15 is 0 Å². The average Bonchev–Trinajstić information content (AvgIpc) is 3.21. The second-order valence-electron chi connectivity index (χ2n) is 5.74. The number of rotatable bonds is 5. The molecule has 0 spiro atoms. The van der Waals surface area contributed by atoms with E-state index in [9.17, 15) is 0 Å². The lowest BCUT2D eigenvalue weighted by molar-refractivity contribution is 0.432. The molecule has 7 heteroatoms. The number of aromatic amines is 1. The quantitative estimate of drug-likeness (QED) is 0.573. The van der Waals surface area contributed by atoms with Gasteiger partial charge in [0.1, 0.15) is 0 Å². The van der Waals surface area contributed by atoms with Crippen LogP contribution in [0.25, 0.3) is 22.1 Å². The Morgan fingerprint density at radius 3 is 2.83 bits per heavy atom. The molecule has 0 atom stereocenters. The van der Waals surface area contributed by atoms with Crippen molar-refractivity contribution in [1.82, 2.24) is 25.3 Å². The van der Waals surface area contributed by atoms with Gasteiger partial charge in [0.25, 0.3) is 0 Å². The Hall–Kier alpha value is -2.96. The van der Waals surface area contributed by atoms with E-state index in [1.807, 2.05) is 18.2 Å². The summed E-state index contributed by atoms with van der Waals surface area (Å²) in [5.74, 6) is 1.06. The van der Waals surface area contributed by atoms with Crippen LogP contribution >= 0.6 is 0 Å². The summed E-state index contributed by atoms with van der Waals surface area (Å²) >= 11 is 0. The molecule has 0 bridgehead atoms. The fraction of sp³-hybridized carbons (Fsp3) is 0.294. The van der Waals surface area contributed by atoms with Gasteiger partial charge in [0.2, 0.25) is 0 Å².